The van der Waals surface area contributed by atoms with Crippen molar-refractivity contribution in [2.24, 2.45) is 22.9 Å². The Kier molecular flexibility index (Phi) is 36.0. The van der Waals surface area contributed by atoms with Crippen LogP contribution in [0.4, 0.5) is 0 Å². The van der Waals surface area contributed by atoms with Crippen molar-refractivity contribution in [3.63, 3.8) is 0 Å². The number of carbonyl (C=O) groups is 6. The van der Waals surface area contributed by atoms with E-state index in [-0.39, 0.29) is 29.5 Å². The summed E-state index contributed by atoms with van der Waals surface area (Å²) in [5, 5.41) is 14.5. The monoisotopic (exact) mass is 810 g/mol. The molecular formula is C42H83N9O6. The van der Waals surface area contributed by atoms with E-state index in [0.717, 1.165) is 116 Å². The first-order valence-corrected chi connectivity index (χ1v) is 22.4. The van der Waals surface area contributed by atoms with E-state index in [1.165, 1.54) is 6.42 Å². The van der Waals surface area contributed by atoms with Crippen LogP contribution in [0.15, 0.2) is 0 Å². The second-order valence-corrected chi connectivity index (χ2v) is 15.4. The van der Waals surface area contributed by atoms with Crippen molar-refractivity contribution < 1.29 is 28.8 Å². The molecule has 0 saturated heterocycles. The predicted octanol–water partition coefficient (Wildman–Crippen LogP) is 3.59. The molecule has 57 heavy (non-hydrogen) atoms. The number of hydrogen-bond acceptors (Lipinski definition) is 9. The van der Waals surface area contributed by atoms with Crippen LogP contribution in [0, 0.1) is 0 Å². The molecule has 6 amide bonds. The number of nitrogens with one attached hydrogen (secondary N) is 5. The first-order chi connectivity index (χ1) is 27.6. The molecule has 332 valence electrons. The molecule has 0 aromatic heterocycles. The molecule has 0 bridgehead atoms. The summed E-state index contributed by atoms with van der Waals surface area (Å²) < 4.78 is 0. The molecule has 0 aromatic rings. The van der Waals surface area contributed by atoms with Gasteiger partial charge in [0.05, 0.1) is 0 Å². The maximum Gasteiger partial charge on any atom is 0.242 e. The lowest BCUT2D eigenvalue weighted by molar-refractivity contribution is -0.129. The van der Waals surface area contributed by atoms with E-state index in [1.54, 1.807) is 0 Å². The fourth-order valence-electron chi connectivity index (χ4n) is 6.54. The van der Waals surface area contributed by atoms with Crippen molar-refractivity contribution in [1.29, 1.82) is 0 Å². The summed E-state index contributed by atoms with van der Waals surface area (Å²) in [4.78, 5) is 74.9. The van der Waals surface area contributed by atoms with Crippen LogP contribution in [0.3, 0.4) is 0 Å². The third-order valence-electron chi connectivity index (χ3n) is 10.1. The Balaban J connectivity index is 4.34. The molecule has 0 spiro atoms. The molecule has 3 atom stereocenters. The zero-order valence-electron chi connectivity index (χ0n) is 35.6. The molecule has 0 saturated carbocycles. The van der Waals surface area contributed by atoms with E-state index in [9.17, 15) is 28.8 Å². The maximum absolute atomic E-state index is 13.0. The summed E-state index contributed by atoms with van der Waals surface area (Å²) in [7, 11) is 0. The summed E-state index contributed by atoms with van der Waals surface area (Å²) in [6.07, 6.45) is 21.1. The summed E-state index contributed by atoms with van der Waals surface area (Å²) in [6, 6.07) is -1.79. The van der Waals surface area contributed by atoms with Gasteiger partial charge in [-0.2, -0.15) is 0 Å². The lowest BCUT2D eigenvalue weighted by atomic mass is 10.1. The number of rotatable bonds is 40. The van der Waals surface area contributed by atoms with Gasteiger partial charge in [-0.1, -0.05) is 71.1 Å². The molecule has 15 heteroatoms. The van der Waals surface area contributed by atoms with Crippen LogP contribution >= 0.6 is 0 Å². The van der Waals surface area contributed by atoms with Crippen LogP contribution in [0.5, 0.6) is 0 Å². The number of carbonyl (C=O) groups excluding carboxylic acids is 6. The SMILES string of the molecule is CCCCCCCC(=O)NC(CCCCN)C(=O)NCCCCCCCC(=O)NC(CCCCN)C(=O)NCCCCCCCC(=O)NC(CCCCN)C(N)=O. The lowest BCUT2D eigenvalue weighted by Gasteiger charge is -2.19. The zero-order valence-corrected chi connectivity index (χ0v) is 35.6. The van der Waals surface area contributed by atoms with E-state index in [4.69, 9.17) is 22.9 Å². The maximum atomic E-state index is 13.0. The molecule has 0 aliphatic carbocycles. The van der Waals surface area contributed by atoms with Gasteiger partial charge in [0.25, 0.3) is 0 Å². The molecule has 0 rings (SSSR count). The average Bonchev–Trinajstić information content (AvgIpc) is 3.18. The highest BCUT2D eigenvalue weighted by Gasteiger charge is 2.21. The van der Waals surface area contributed by atoms with Crippen LogP contribution in [0.25, 0.3) is 0 Å². The number of hydrogen-bond donors (Lipinski definition) is 9. The van der Waals surface area contributed by atoms with Crippen LogP contribution in [-0.2, 0) is 28.8 Å². The third-order valence-corrected chi connectivity index (χ3v) is 10.1. The van der Waals surface area contributed by atoms with Gasteiger partial charge >= 0.3 is 0 Å². The van der Waals surface area contributed by atoms with E-state index < -0.39 is 24.0 Å². The predicted molar refractivity (Wildman–Crippen MR) is 229 cm³/mol. The molecule has 0 aromatic carbocycles. The van der Waals surface area contributed by atoms with Gasteiger partial charge in [-0.15, -0.1) is 0 Å². The third kappa shape index (κ3) is 32.4. The Labute approximate surface area is 344 Å². The number of unbranched alkanes of at least 4 members (excludes halogenated alkanes) is 15. The molecule has 15 nitrogen and oxygen atoms in total. The van der Waals surface area contributed by atoms with Crippen molar-refractivity contribution >= 4 is 35.4 Å². The fourth-order valence-corrected chi connectivity index (χ4v) is 6.54. The van der Waals surface area contributed by atoms with Crippen LogP contribution < -0.4 is 49.5 Å². The highest BCUT2D eigenvalue weighted by atomic mass is 16.2. The van der Waals surface area contributed by atoms with E-state index in [2.05, 4.69) is 33.5 Å². The quantitative estimate of drug-likeness (QED) is 0.0409. The highest BCUT2D eigenvalue weighted by molar-refractivity contribution is 5.88. The van der Waals surface area contributed by atoms with Crippen molar-refractivity contribution in [2.75, 3.05) is 32.7 Å². The molecule has 0 fully saturated rings. The van der Waals surface area contributed by atoms with Gasteiger partial charge in [0.1, 0.15) is 18.1 Å². The Morgan fingerprint density at radius 2 is 0.719 bits per heavy atom. The number of amides is 6. The second kappa shape index (κ2) is 38.2. The topological polar surface area (TPSA) is 267 Å². The van der Waals surface area contributed by atoms with E-state index in [1.807, 2.05) is 0 Å². The first kappa shape index (κ1) is 53.7. The normalized spacial score (nSPS) is 12.6. The Morgan fingerprint density at radius 1 is 0.404 bits per heavy atom. The Bertz CT molecular complexity index is 1080. The van der Waals surface area contributed by atoms with Crippen LogP contribution in [0.2, 0.25) is 0 Å². The molecule has 0 heterocycles. The van der Waals surface area contributed by atoms with Gasteiger partial charge in [-0.25, -0.2) is 0 Å². The molecular weight excluding hydrogens is 727 g/mol. The van der Waals surface area contributed by atoms with Gasteiger partial charge in [-0.3, -0.25) is 28.8 Å². The molecule has 0 aliphatic heterocycles. The molecule has 0 aliphatic rings. The number of primary amides is 1. The molecule has 0 radical (unpaired) electrons. The Morgan fingerprint density at radius 3 is 1.07 bits per heavy atom. The van der Waals surface area contributed by atoms with E-state index in [0.29, 0.717) is 84.1 Å². The largest absolute Gasteiger partial charge is 0.368 e. The first-order valence-electron chi connectivity index (χ1n) is 22.4. The summed E-state index contributed by atoms with van der Waals surface area (Å²) in [5.41, 5.74) is 22.2. The fraction of sp³-hybridized carbons (Fsp3) is 0.857. The van der Waals surface area contributed by atoms with Gasteiger partial charge in [0.2, 0.25) is 35.4 Å². The number of nitrogens with two attached hydrogens (primary N) is 4. The standard InChI is InChI=1S/C42H83N9O6/c1-2-3-4-7-12-27-38(53)50-35(24-16-19-30-44)41(56)47-33-22-11-6-9-14-28-39(54)51-36(25-17-20-31-45)42(57)48-32-21-10-5-8-13-26-37(52)49-34(40(46)55)23-15-18-29-43/h34-36H,2-33,43-45H2,1H3,(H2,46,55)(H,47,56)(H,48,57)(H,49,52)(H,50,53)(H,51,54). The van der Waals surface area contributed by atoms with Crippen molar-refractivity contribution in [3.8, 4) is 0 Å². The van der Waals surface area contributed by atoms with Gasteiger partial charge in [0, 0.05) is 32.4 Å². The van der Waals surface area contributed by atoms with Crippen molar-refractivity contribution in [2.45, 2.75) is 198 Å². The smallest absolute Gasteiger partial charge is 0.242 e. The summed E-state index contributed by atoms with van der Waals surface area (Å²) >= 11 is 0. The average molecular weight is 810 g/mol. The summed E-state index contributed by atoms with van der Waals surface area (Å²) in [6.45, 7) is 4.82. The van der Waals surface area contributed by atoms with Crippen LogP contribution in [-0.4, -0.2) is 86.3 Å². The Hall–Kier alpha value is -3.30. The van der Waals surface area contributed by atoms with Gasteiger partial charge in [-0.05, 0) is 110 Å². The second-order valence-electron chi connectivity index (χ2n) is 15.4. The lowest BCUT2D eigenvalue weighted by Crippen LogP contribution is -2.47. The van der Waals surface area contributed by atoms with Crippen LogP contribution in [0.1, 0.15) is 180 Å². The van der Waals surface area contributed by atoms with Gasteiger partial charge in [0.15, 0.2) is 0 Å². The minimum absolute atomic E-state index is 0.0705. The van der Waals surface area contributed by atoms with E-state index >= 15 is 0 Å². The molecule has 13 N–H and O–H groups in total. The van der Waals surface area contributed by atoms with Gasteiger partial charge < -0.3 is 49.5 Å². The summed E-state index contributed by atoms with van der Waals surface area (Å²) in [5.74, 6) is -1.24. The van der Waals surface area contributed by atoms with Crippen molar-refractivity contribution in [1.82, 2.24) is 26.6 Å². The zero-order chi connectivity index (χ0) is 42.4. The highest BCUT2D eigenvalue weighted by Crippen LogP contribution is 2.10. The molecule has 3 unspecified atom stereocenters. The minimum atomic E-state index is -0.658. The minimum Gasteiger partial charge on any atom is -0.368 e. The van der Waals surface area contributed by atoms with Crippen molar-refractivity contribution in [3.05, 3.63) is 0 Å².